The minimum atomic E-state index is -0.362. The molecule has 0 unspecified atom stereocenters. The fraction of sp³-hybridized carbons (Fsp3) is 0.100. The number of hydrogen-bond acceptors (Lipinski definition) is 5. The number of nitrogens with zero attached hydrogens (tertiary/aromatic N) is 4. The van der Waals surface area contributed by atoms with Crippen LogP contribution in [0.3, 0.4) is 0 Å². The number of anilines is 1. The molecule has 4 rings (SSSR count). The van der Waals surface area contributed by atoms with E-state index in [1.807, 2.05) is 26.0 Å². The van der Waals surface area contributed by atoms with Crippen LogP contribution in [0.1, 0.15) is 11.4 Å². The van der Waals surface area contributed by atoms with Crippen LogP contribution in [-0.2, 0) is 0 Å². The van der Waals surface area contributed by atoms with Crippen molar-refractivity contribution in [3.8, 4) is 11.4 Å². The van der Waals surface area contributed by atoms with Gasteiger partial charge < -0.3 is 0 Å². The molecule has 2 heterocycles. The van der Waals surface area contributed by atoms with Crippen molar-refractivity contribution in [2.24, 2.45) is 0 Å². The van der Waals surface area contributed by atoms with Gasteiger partial charge in [-0.1, -0.05) is 12.1 Å². The first-order valence-electron chi connectivity index (χ1n) is 8.38. The molecule has 0 aliphatic carbocycles. The van der Waals surface area contributed by atoms with Crippen molar-refractivity contribution < 1.29 is 4.39 Å². The zero-order valence-electron chi connectivity index (χ0n) is 14.8. The molecule has 0 saturated carbocycles. The van der Waals surface area contributed by atoms with E-state index < -0.39 is 0 Å². The fourth-order valence-corrected chi connectivity index (χ4v) is 2.90. The SMILES string of the molecule is Cc1cc(C)nc(Nn2c(-c3ccc(F)cc3)nc3ccccc3c2=O)n1. The number of para-hydroxylation sites is 1. The van der Waals surface area contributed by atoms with Gasteiger partial charge in [-0.2, -0.15) is 4.68 Å². The lowest BCUT2D eigenvalue weighted by Crippen LogP contribution is -2.30. The molecule has 6 nitrogen and oxygen atoms in total. The summed E-state index contributed by atoms with van der Waals surface area (Å²) in [7, 11) is 0. The molecular formula is C20H16FN5O. The molecule has 27 heavy (non-hydrogen) atoms. The number of halogens is 1. The van der Waals surface area contributed by atoms with Crippen LogP contribution >= 0.6 is 0 Å². The minimum Gasteiger partial charge on any atom is -0.267 e. The molecule has 0 aliphatic heterocycles. The number of rotatable bonds is 3. The number of nitrogens with one attached hydrogen (secondary N) is 1. The summed E-state index contributed by atoms with van der Waals surface area (Å²) in [6, 6.07) is 14.7. The molecule has 0 radical (unpaired) electrons. The van der Waals surface area contributed by atoms with Crippen LogP contribution in [0, 0.1) is 19.7 Å². The zero-order chi connectivity index (χ0) is 19.0. The highest BCUT2D eigenvalue weighted by Gasteiger charge is 2.14. The summed E-state index contributed by atoms with van der Waals surface area (Å²) in [4.78, 5) is 26.4. The fourth-order valence-electron chi connectivity index (χ4n) is 2.90. The maximum Gasteiger partial charge on any atom is 0.280 e. The van der Waals surface area contributed by atoms with E-state index in [1.165, 1.54) is 16.8 Å². The van der Waals surface area contributed by atoms with Gasteiger partial charge >= 0.3 is 0 Å². The normalized spacial score (nSPS) is 10.9. The summed E-state index contributed by atoms with van der Waals surface area (Å²) in [6.45, 7) is 3.70. The highest BCUT2D eigenvalue weighted by molar-refractivity contribution is 5.79. The number of fused-ring (bicyclic) bond motifs is 1. The minimum absolute atomic E-state index is 0.287. The third-order valence-electron chi connectivity index (χ3n) is 4.07. The van der Waals surface area contributed by atoms with E-state index in [0.29, 0.717) is 22.3 Å². The molecule has 2 aromatic heterocycles. The quantitative estimate of drug-likeness (QED) is 0.605. The summed E-state index contributed by atoms with van der Waals surface area (Å²) in [5.41, 5.74) is 5.36. The standard InChI is InChI=1S/C20H16FN5O/c1-12-11-13(2)23-20(22-12)25-26-18(14-7-9-15(21)10-8-14)24-17-6-4-3-5-16(17)19(26)27/h3-11H,1-2H3,(H,22,23,25). The van der Waals surface area contributed by atoms with Gasteiger partial charge in [0.1, 0.15) is 5.82 Å². The molecule has 2 aromatic carbocycles. The molecule has 0 spiro atoms. The van der Waals surface area contributed by atoms with Gasteiger partial charge in [0.15, 0.2) is 5.82 Å². The number of aromatic nitrogens is 4. The van der Waals surface area contributed by atoms with Crippen molar-refractivity contribution in [2.75, 3.05) is 5.43 Å². The molecule has 0 saturated heterocycles. The topological polar surface area (TPSA) is 72.7 Å². The van der Waals surface area contributed by atoms with Crippen LogP contribution in [-0.4, -0.2) is 19.6 Å². The molecular weight excluding hydrogens is 345 g/mol. The molecule has 4 aromatic rings. The van der Waals surface area contributed by atoms with Crippen molar-refractivity contribution in [1.29, 1.82) is 0 Å². The smallest absolute Gasteiger partial charge is 0.267 e. The van der Waals surface area contributed by atoms with Crippen LogP contribution in [0.4, 0.5) is 10.3 Å². The Hall–Kier alpha value is -3.61. The first kappa shape index (κ1) is 16.8. The van der Waals surface area contributed by atoms with Crippen molar-refractivity contribution in [3.63, 3.8) is 0 Å². The van der Waals surface area contributed by atoms with Crippen molar-refractivity contribution in [2.45, 2.75) is 13.8 Å². The third kappa shape index (κ3) is 3.27. The van der Waals surface area contributed by atoms with Crippen LogP contribution in [0.25, 0.3) is 22.3 Å². The summed E-state index contributed by atoms with van der Waals surface area (Å²) in [6.07, 6.45) is 0. The average Bonchev–Trinajstić information content (AvgIpc) is 2.64. The van der Waals surface area contributed by atoms with E-state index in [-0.39, 0.29) is 17.3 Å². The first-order valence-corrected chi connectivity index (χ1v) is 8.38. The van der Waals surface area contributed by atoms with Gasteiger partial charge in [-0.15, -0.1) is 0 Å². The van der Waals surface area contributed by atoms with Gasteiger partial charge in [0.05, 0.1) is 10.9 Å². The van der Waals surface area contributed by atoms with Crippen molar-refractivity contribution in [3.05, 3.63) is 82.2 Å². The highest BCUT2D eigenvalue weighted by atomic mass is 19.1. The van der Waals surface area contributed by atoms with Gasteiger partial charge in [0.25, 0.3) is 5.56 Å². The van der Waals surface area contributed by atoms with E-state index in [0.717, 1.165) is 11.4 Å². The van der Waals surface area contributed by atoms with E-state index in [4.69, 9.17) is 0 Å². The second-order valence-electron chi connectivity index (χ2n) is 6.19. The number of hydrogen-bond donors (Lipinski definition) is 1. The molecule has 0 bridgehead atoms. The molecule has 0 aliphatic rings. The maximum absolute atomic E-state index is 13.3. The van der Waals surface area contributed by atoms with Crippen molar-refractivity contribution >= 4 is 16.9 Å². The lowest BCUT2D eigenvalue weighted by molar-refractivity contribution is 0.628. The lowest BCUT2D eigenvalue weighted by Gasteiger charge is -2.15. The van der Waals surface area contributed by atoms with E-state index in [1.54, 1.807) is 30.3 Å². The summed E-state index contributed by atoms with van der Waals surface area (Å²) >= 11 is 0. The second-order valence-corrected chi connectivity index (χ2v) is 6.19. The predicted octanol–water partition coefficient (Wildman–Crippen LogP) is 3.48. The first-order chi connectivity index (χ1) is 13.0. The van der Waals surface area contributed by atoms with Crippen LogP contribution in [0.2, 0.25) is 0 Å². The Bertz CT molecular complexity index is 1180. The Balaban J connectivity index is 1.96. The lowest BCUT2D eigenvalue weighted by atomic mass is 10.2. The Morgan fingerprint density at radius 3 is 2.30 bits per heavy atom. The highest BCUT2D eigenvalue weighted by Crippen LogP contribution is 2.19. The largest absolute Gasteiger partial charge is 0.280 e. The van der Waals surface area contributed by atoms with Gasteiger partial charge in [0.2, 0.25) is 5.95 Å². The molecule has 0 atom stereocenters. The van der Waals surface area contributed by atoms with Gasteiger partial charge in [-0.05, 0) is 56.3 Å². The summed E-state index contributed by atoms with van der Waals surface area (Å²) in [5.74, 6) is 0.274. The average molecular weight is 361 g/mol. The number of aryl methyl sites for hydroxylation is 2. The molecule has 1 N–H and O–H groups in total. The zero-order valence-corrected chi connectivity index (χ0v) is 14.8. The Morgan fingerprint density at radius 2 is 1.59 bits per heavy atom. The summed E-state index contributed by atoms with van der Waals surface area (Å²) < 4.78 is 14.6. The maximum atomic E-state index is 13.3. The molecule has 134 valence electrons. The van der Waals surface area contributed by atoms with Gasteiger partial charge in [-0.3, -0.25) is 10.2 Å². The molecule has 7 heteroatoms. The van der Waals surface area contributed by atoms with E-state index in [2.05, 4.69) is 20.4 Å². The van der Waals surface area contributed by atoms with Gasteiger partial charge in [-0.25, -0.2) is 19.3 Å². The van der Waals surface area contributed by atoms with Crippen LogP contribution < -0.4 is 11.0 Å². The Kier molecular flexibility index (Phi) is 4.12. The monoisotopic (exact) mass is 361 g/mol. The van der Waals surface area contributed by atoms with Crippen molar-refractivity contribution in [1.82, 2.24) is 19.6 Å². The third-order valence-corrected chi connectivity index (χ3v) is 4.07. The Labute approximate surface area is 154 Å². The number of benzene rings is 2. The van der Waals surface area contributed by atoms with Crippen LogP contribution in [0.5, 0.6) is 0 Å². The summed E-state index contributed by atoms with van der Waals surface area (Å²) in [5, 5.41) is 0.459. The van der Waals surface area contributed by atoms with Crippen LogP contribution in [0.15, 0.2) is 59.4 Å². The molecule has 0 amide bonds. The van der Waals surface area contributed by atoms with Gasteiger partial charge in [0, 0.05) is 17.0 Å². The second kappa shape index (κ2) is 6.60. The molecule has 0 fully saturated rings. The predicted molar refractivity (Wildman–Crippen MR) is 102 cm³/mol. The van der Waals surface area contributed by atoms with E-state index in [9.17, 15) is 9.18 Å². The Morgan fingerprint density at radius 1 is 0.926 bits per heavy atom. The van der Waals surface area contributed by atoms with E-state index >= 15 is 0 Å².